The highest BCUT2D eigenvalue weighted by Gasteiger charge is 2.39. The van der Waals surface area contributed by atoms with Gasteiger partial charge in [0.1, 0.15) is 11.6 Å². The van der Waals surface area contributed by atoms with Crippen molar-refractivity contribution in [3.8, 4) is 0 Å². The maximum absolute atomic E-state index is 15.9. The average molecular weight is 641 g/mol. The van der Waals surface area contributed by atoms with Crippen LogP contribution in [0, 0.1) is 17.2 Å². The second-order valence-corrected chi connectivity index (χ2v) is 12.7. The number of likely N-dealkylation sites (tertiary alicyclic amines) is 1. The van der Waals surface area contributed by atoms with E-state index in [0.717, 1.165) is 45.6 Å². The van der Waals surface area contributed by atoms with E-state index in [1.54, 1.807) is 19.2 Å². The molecule has 248 valence electrons. The third kappa shape index (κ3) is 7.03. The Hall–Kier alpha value is -3.46. The molecular formula is C30H40F4N6O5. The summed E-state index contributed by atoms with van der Waals surface area (Å²) < 4.78 is 50.3. The van der Waals surface area contributed by atoms with Crippen molar-refractivity contribution in [2.75, 3.05) is 50.7 Å². The number of amides is 2. The van der Waals surface area contributed by atoms with Crippen LogP contribution in [0.3, 0.4) is 0 Å². The molecule has 3 N–H and O–H groups in total. The number of piperidine rings is 4. The Labute approximate surface area is 257 Å². The fourth-order valence-corrected chi connectivity index (χ4v) is 7.28. The van der Waals surface area contributed by atoms with E-state index < -0.39 is 35.6 Å². The van der Waals surface area contributed by atoms with Crippen molar-refractivity contribution in [1.82, 2.24) is 24.7 Å². The van der Waals surface area contributed by atoms with Gasteiger partial charge in [0.2, 0.25) is 11.8 Å². The van der Waals surface area contributed by atoms with Gasteiger partial charge in [-0.3, -0.25) is 24.0 Å². The predicted octanol–water partition coefficient (Wildman–Crippen LogP) is 2.77. The van der Waals surface area contributed by atoms with E-state index in [1.165, 1.54) is 47.9 Å². The normalized spacial score (nSPS) is 23.1. The van der Waals surface area contributed by atoms with Gasteiger partial charge in [-0.25, -0.2) is 14.0 Å². The van der Waals surface area contributed by atoms with Crippen LogP contribution < -0.4 is 21.2 Å². The highest BCUT2D eigenvalue weighted by Crippen LogP contribution is 2.40. The fourth-order valence-electron chi connectivity index (χ4n) is 7.28. The van der Waals surface area contributed by atoms with Crippen LogP contribution in [0.2, 0.25) is 0 Å². The number of hydrogen-bond acceptors (Lipinski definition) is 7. The van der Waals surface area contributed by atoms with E-state index >= 15 is 4.39 Å². The molecule has 0 radical (unpaired) electrons. The average Bonchev–Trinajstić information content (AvgIpc) is 3.25. The third-order valence-corrected chi connectivity index (χ3v) is 9.98. The zero-order chi connectivity index (χ0) is 32.5. The number of hydrogen-bond donors (Lipinski definition) is 3. The number of nitrogens with zero attached hydrogens (tertiary/aromatic N) is 4. The van der Waals surface area contributed by atoms with Crippen LogP contribution in [-0.4, -0.2) is 88.9 Å². The van der Waals surface area contributed by atoms with Crippen LogP contribution in [0.5, 0.6) is 0 Å². The number of carbonyl (C=O) groups excluding carboxylic acids is 2. The monoisotopic (exact) mass is 640 g/mol. The number of aliphatic carboxylic acids is 1. The number of imidazole rings is 1. The first-order valence-electron chi connectivity index (χ1n) is 15.5. The van der Waals surface area contributed by atoms with Gasteiger partial charge in [0, 0.05) is 33.1 Å². The summed E-state index contributed by atoms with van der Waals surface area (Å²) in [5.74, 6) is -3.41. The van der Waals surface area contributed by atoms with Crippen LogP contribution >= 0.6 is 0 Å². The molecule has 4 aliphatic rings. The fraction of sp³-hybridized carbons (Fsp3) is 0.667. The Morgan fingerprint density at radius 1 is 1.00 bits per heavy atom. The summed E-state index contributed by atoms with van der Waals surface area (Å²) in [6, 6.07) is 2.67. The first-order valence-corrected chi connectivity index (χ1v) is 15.5. The number of nitrogens with one attached hydrogen (secondary N) is 2. The number of aromatic nitrogens is 2. The standard InChI is InChI=1S/C28H39FN6O3.C2HF3O2/c1-32-25-21(35(27(32)38)22-4-5-23(36)31-26(22)37)3-2-20(24(25)29)34-14-6-19(7-15-34)18-33-16-10-28(11-17-33)8-12-30-13-9-28;3-2(4,5)1(6)7/h2-3,19,22,30H,4-18H2,1H3,(H,31,36,37);(H,6,7). The van der Waals surface area contributed by atoms with Crippen molar-refractivity contribution in [1.29, 1.82) is 0 Å². The first kappa shape index (κ1) is 32.9. The highest BCUT2D eigenvalue weighted by atomic mass is 19.4. The molecule has 0 aliphatic carbocycles. The molecule has 4 aliphatic heterocycles. The van der Waals surface area contributed by atoms with Crippen LogP contribution in [0.25, 0.3) is 11.0 Å². The number of carboxylic acid groups (broad SMARTS) is 1. The maximum atomic E-state index is 15.9. The van der Waals surface area contributed by atoms with Crippen LogP contribution in [-0.2, 0) is 21.4 Å². The maximum Gasteiger partial charge on any atom is 0.490 e. The Bertz CT molecular complexity index is 1480. The van der Waals surface area contributed by atoms with Crippen molar-refractivity contribution in [3.05, 3.63) is 28.4 Å². The number of benzene rings is 1. The molecule has 1 unspecified atom stereocenters. The molecule has 15 heteroatoms. The number of aryl methyl sites for hydroxylation is 1. The lowest BCUT2D eigenvalue weighted by Crippen LogP contribution is -2.47. The minimum Gasteiger partial charge on any atom is -0.475 e. The SMILES string of the molecule is Cn1c(=O)n(C2CCC(=O)NC2=O)c2ccc(N3CCC(CN4CCC5(CCNCC5)CC4)CC3)c(F)c21.O=C(O)C(F)(F)F. The van der Waals surface area contributed by atoms with Crippen LogP contribution in [0.4, 0.5) is 23.2 Å². The van der Waals surface area contributed by atoms with Crippen LogP contribution in [0.15, 0.2) is 16.9 Å². The number of alkyl halides is 3. The van der Waals surface area contributed by atoms with E-state index in [2.05, 4.69) is 20.4 Å². The summed E-state index contributed by atoms with van der Waals surface area (Å²) in [4.78, 5) is 50.7. The van der Waals surface area contributed by atoms with E-state index in [9.17, 15) is 27.6 Å². The minimum absolute atomic E-state index is 0.157. The number of carboxylic acids is 1. The van der Waals surface area contributed by atoms with Crippen molar-refractivity contribution < 1.29 is 37.1 Å². The summed E-state index contributed by atoms with van der Waals surface area (Å²) in [5.41, 5.74) is 1.23. The number of fused-ring (bicyclic) bond motifs is 1. The third-order valence-electron chi connectivity index (χ3n) is 9.98. The largest absolute Gasteiger partial charge is 0.490 e. The molecule has 2 aromatic rings. The Morgan fingerprint density at radius 3 is 2.20 bits per heavy atom. The molecule has 45 heavy (non-hydrogen) atoms. The molecule has 1 atom stereocenters. The minimum atomic E-state index is -5.08. The lowest BCUT2D eigenvalue weighted by Gasteiger charge is -2.45. The van der Waals surface area contributed by atoms with Crippen molar-refractivity contribution >= 4 is 34.5 Å². The van der Waals surface area contributed by atoms with E-state index in [4.69, 9.17) is 9.90 Å². The van der Waals surface area contributed by atoms with E-state index in [1.807, 2.05) is 0 Å². The number of halogens is 4. The zero-order valence-corrected chi connectivity index (χ0v) is 25.3. The second kappa shape index (κ2) is 13.1. The molecule has 1 spiro atoms. The highest BCUT2D eigenvalue weighted by molar-refractivity contribution is 6.00. The lowest BCUT2D eigenvalue weighted by atomic mass is 9.71. The molecule has 5 heterocycles. The van der Waals surface area contributed by atoms with Gasteiger partial charge in [-0.15, -0.1) is 0 Å². The Morgan fingerprint density at radius 2 is 1.62 bits per heavy atom. The van der Waals surface area contributed by atoms with Gasteiger partial charge in [-0.05, 0) is 94.6 Å². The number of rotatable bonds is 4. The van der Waals surface area contributed by atoms with Gasteiger partial charge < -0.3 is 20.2 Å². The van der Waals surface area contributed by atoms with Crippen molar-refractivity contribution in [3.63, 3.8) is 0 Å². The molecule has 0 saturated carbocycles. The van der Waals surface area contributed by atoms with Gasteiger partial charge in [-0.1, -0.05) is 0 Å². The Kier molecular flexibility index (Phi) is 9.59. The molecule has 2 amide bonds. The summed E-state index contributed by atoms with van der Waals surface area (Å²) in [6.45, 7) is 7.43. The summed E-state index contributed by atoms with van der Waals surface area (Å²) >= 11 is 0. The molecule has 1 aromatic carbocycles. The smallest absolute Gasteiger partial charge is 0.475 e. The molecule has 1 aromatic heterocycles. The number of imide groups is 1. The number of anilines is 1. The van der Waals surface area contributed by atoms with Crippen molar-refractivity contribution in [2.45, 2.75) is 63.6 Å². The van der Waals surface area contributed by atoms with E-state index in [-0.39, 0.29) is 24.3 Å². The molecular weight excluding hydrogens is 600 g/mol. The van der Waals surface area contributed by atoms with Gasteiger partial charge in [0.15, 0.2) is 5.82 Å². The van der Waals surface area contributed by atoms with Gasteiger partial charge >= 0.3 is 17.8 Å². The molecule has 4 fully saturated rings. The van der Waals surface area contributed by atoms with Crippen LogP contribution in [0.1, 0.15) is 57.4 Å². The predicted molar refractivity (Wildman–Crippen MR) is 157 cm³/mol. The lowest BCUT2D eigenvalue weighted by molar-refractivity contribution is -0.192. The second-order valence-electron chi connectivity index (χ2n) is 12.7. The van der Waals surface area contributed by atoms with E-state index in [0.29, 0.717) is 22.5 Å². The summed E-state index contributed by atoms with van der Waals surface area (Å²) in [6.07, 6.45) is 2.62. The van der Waals surface area contributed by atoms with Gasteiger partial charge in [-0.2, -0.15) is 13.2 Å². The molecule has 4 saturated heterocycles. The molecule has 11 nitrogen and oxygen atoms in total. The zero-order valence-electron chi connectivity index (χ0n) is 25.3. The number of carbonyl (C=O) groups is 3. The molecule has 6 rings (SSSR count). The topological polar surface area (TPSA) is 129 Å². The summed E-state index contributed by atoms with van der Waals surface area (Å²) in [7, 11) is 1.54. The quantitative estimate of drug-likeness (QED) is 0.344. The van der Waals surface area contributed by atoms with Gasteiger partial charge in [0.25, 0.3) is 0 Å². The first-order chi connectivity index (χ1) is 21.3. The van der Waals surface area contributed by atoms with Crippen molar-refractivity contribution in [2.24, 2.45) is 18.4 Å². The van der Waals surface area contributed by atoms with Gasteiger partial charge in [0.05, 0.1) is 11.2 Å². The summed E-state index contributed by atoms with van der Waals surface area (Å²) in [5, 5.41) is 12.9. The molecule has 0 bridgehead atoms. The Balaban J connectivity index is 0.000000515.